The zero-order valence-electron chi connectivity index (χ0n) is 41.1. The minimum atomic E-state index is -1.52. The second-order valence-corrected chi connectivity index (χ2v) is 21.2. The molecule has 3 aromatic rings. The summed E-state index contributed by atoms with van der Waals surface area (Å²) in [6.45, 7) is 0. The second kappa shape index (κ2) is 25.8. The average molecular weight is 1060 g/mol. The van der Waals surface area contributed by atoms with Crippen molar-refractivity contribution in [3.8, 4) is 0 Å². The summed E-state index contributed by atoms with van der Waals surface area (Å²) < 4.78 is 7.12. The number of hydrogen-bond acceptors (Lipinski definition) is 6. The first-order chi connectivity index (χ1) is 32.8. The molecule has 0 radical (unpaired) electrons. The molecular formula is C56H76ClIN4O6. The van der Waals surface area contributed by atoms with Crippen LogP contribution in [0.4, 0.5) is 0 Å². The number of nitrogens with one attached hydrogen (secondary N) is 1. The van der Waals surface area contributed by atoms with E-state index in [9.17, 15) is 14.4 Å². The molecule has 3 fully saturated rings. The molecule has 3 aliphatic carbocycles. The molecule has 3 aliphatic rings. The Labute approximate surface area is 425 Å². The van der Waals surface area contributed by atoms with Crippen LogP contribution in [0.1, 0.15) is 169 Å². The van der Waals surface area contributed by atoms with Crippen LogP contribution in [-0.2, 0) is 34.3 Å². The Bertz CT molecular complexity index is 2110. The smallest absolute Gasteiger partial charge is 0.310 e. The predicted octanol–water partition coefficient (Wildman–Crippen LogP) is 11.5. The van der Waals surface area contributed by atoms with Crippen molar-refractivity contribution < 1.29 is 28.7 Å². The lowest BCUT2D eigenvalue weighted by molar-refractivity contribution is -0.161. The number of hydrogen-bond donors (Lipinski definition) is 1. The molecule has 370 valence electrons. The van der Waals surface area contributed by atoms with Gasteiger partial charge < -0.3 is 24.8 Å². The number of carbonyl (C=O) groups is 5. The van der Waals surface area contributed by atoms with Crippen molar-refractivity contribution in [3.05, 3.63) is 106 Å². The van der Waals surface area contributed by atoms with Crippen LogP contribution in [0, 0.1) is 5.92 Å². The van der Waals surface area contributed by atoms with Crippen LogP contribution in [0.2, 0.25) is 5.02 Å². The van der Waals surface area contributed by atoms with Crippen molar-refractivity contribution >= 4 is 63.8 Å². The first-order valence-electron chi connectivity index (χ1n) is 25.6. The minimum Gasteiger partial charge on any atom is -0.444 e. The van der Waals surface area contributed by atoms with Gasteiger partial charge in [0.2, 0.25) is 23.6 Å². The van der Waals surface area contributed by atoms with Gasteiger partial charge in [0.25, 0.3) is 0 Å². The molecule has 0 heterocycles. The molecule has 3 aromatic carbocycles. The molecule has 10 nitrogen and oxygen atoms in total. The van der Waals surface area contributed by atoms with Gasteiger partial charge in [-0.25, -0.2) is 0 Å². The van der Waals surface area contributed by atoms with E-state index in [0.29, 0.717) is 40.5 Å². The van der Waals surface area contributed by atoms with E-state index in [1.807, 2.05) is 71.1 Å². The first-order valence-corrected chi connectivity index (χ1v) is 27.5. The van der Waals surface area contributed by atoms with Gasteiger partial charge in [0, 0.05) is 49.9 Å². The highest BCUT2D eigenvalue weighted by atomic mass is 127. The Hall–Kier alpha value is -3.97. The highest BCUT2D eigenvalue weighted by molar-refractivity contribution is 14.1. The average Bonchev–Trinajstić information content (AvgIpc) is 4.07. The van der Waals surface area contributed by atoms with Crippen LogP contribution < -0.4 is 5.32 Å². The summed E-state index contributed by atoms with van der Waals surface area (Å²) in [6, 6.07) is 23.4. The highest BCUT2D eigenvalue weighted by Crippen LogP contribution is 2.45. The molecule has 0 aliphatic heterocycles. The molecule has 4 amide bonds. The maximum atomic E-state index is 15.1. The van der Waals surface area contributed by atoms with E-state index in [0.717, 1.165) is 51.4 Å². The van der Waals surface area contributed by atoms with Gasteiger partial charge in [-0.2, -0.15) is 0 Å². The van der Waals surface area contributed by atoms with E-state index in [1.54, 1.807) is 34.3 Å². The summed E-state index contributed by atoms with van der Waals surface area (Å²) in [4.78, 5) is 76.1. The Morgan fingerprint density at radius 1 is 0.662 bits per heavy atom. The molecule has 3 atom stereocenters. The summed E-state index contributed by atoms with van der Waals surface area (Å²) in [6.07, 6.45) is 21.8. The molecule has 0 spiro atoms. The molecule has 6 rings (SSSR count). The number of nitrogens with zero attached hydrogens (tertiary/aromatic N) is 3. The zero-order valence-corrected chi connectivity index (χ0v) is 44.0. The summed E-state index contributed by atoms with van der Waals surface area (Å²) in [5.41, 5.74) is 0.624. The SMILES string of the molecule is CN(C)C(=O)[C@H](CC(=O)OC(c1ccccc1)(c1ccc(C2CCCCCCCCCCCCC2)cc1)c1ccccc1Cl)N(C)C(=O)[C@H](C1CCCC1)N(C)C(=O)C1(NC(=O)CI)CCCC1. The molecule has 68 heavy (non-hydrogen) atoms. The number of carbonyl (C=O) groups excluding carboxylic acids is 5. The van der Waals surface area contributed by atoms with Crippen LogP contribution in [-0.4, -0.2) is 94.5 Å². The number of esters is 1. The fourth-order valence-electron chi connectivity index (χ4n) is 11.4. The predicted molar refractivity (Wildman–Crippen MR) is 280 cm³/mol. The van der Waals surface area contributed by atoms with Crippen molar-refractivity contribution in [3.63, 3.8) is 0 Å². The normalized spacial score (nSPS) is 19.4. The quantitative estimate of drug-likeness (QED) is 0.0701. The molecule has 3 saturated carbocycles. The van der Waals surface area contributed by atoms with Crippen molar-refractivity contribution in [1.82, 2.24) is 20.0 Å². The lowest BCUT2D eigenvalue weighted by Crippen LogP contribution is -2.63. The second-order valence-electron chi connectivity index (χ2n) is 20.1. The van der Waals surface area contributed by atoms with Crippen molar-refractivity contribution in [2.24, 2.45) is 5.92 Å². The number of rotatable bonds is 15. The molecule has 1 unspecified atom stereocenters. The van der Waals surface area contributed by atoms with E-state index in [-0.39, 0.29) is 22.2 Å². The highest BCUT2D eigenvalue weighted by Gasteiger charge is 2.50. The number of ether oxygens (including phenoxy) is 1. The van der Waals surface area contributed by atoms with Gasteiger partial charge in [0.15, 0.2) is 5.60 Å². The third-order valence-electron chi connectivity index (χ3n) is 15.2. The molecule has 0 saturated heterocycles. The van der Waals surface area contributed by atoms with Crippen LogP contribution in [0.25, 0.3) is 0 Å². The van der Waals surface area contributed by atoms with Crippen LogP contribution in [0.5, 0.6) is 0 Å². The van der Waals surface area contributed by atoms with Gasteiger partial charge in [-0.3, -0.25) is 24.0 Å². The van der Waals surface area contributed by atoms with Crippen molar-refractivity contribution in [1.29, 1.82) is 0 Å². The third kappa shape index (κ3) is 13.1. The third-order valence-corrected chi connectivity index (χ3v) is 16.2. The Kier molecular flexibility index (Phi) is 20.2. The Balaban J connectivity index is 1.34. The summed E-state index contributed by atoms with van der Waals surface area (Å²) in [7, 11) is 6.41. The van der Waals surface area contributed by atoms with Crippen molar-refractivity contribution in [2.75, 3.05) is 32.6 Å². The Morgan fingerprint density at radius 2 is 1.18 bits per heavy atom. The van der Waals surface area contributed by atoms with Crippen LogP contribution in [0.3, 0.4) is 0 Å². The minimum absolute atomic E-state index is 0.159. The molecule has 0 bridgehead atoms. The van der Waals surface area contributed by atoms with Gasteiger partial charge in [-0.15, -0.1) is 0 Å². The fourth-order valence-corrected chi connectivity index (χ4v) is 11.9. The van der Waals surface area contributed by atoms with E-state index in [1.165, 1.54) is 90.9 Å². The van der Waals surface area contributed by atoms with Crippen molar-refractivity contribution in [2.45, 2.75) is 170 Å². The molecule has 0 aromatic heterocycles. The fraction of sp³-hybridized carbons (Fsp3) is 0.589. The van der Waals surface area contributed by atoms with E-state index < -0.39 is 47.4 Å². The largest absolute Gasteiger partial charge is 0.444 e. The summed E-state index contributed by atoms with van der Waals surface area (Å²) in [5.74, 6) is -1.83. The number of benzene rings is 3. The first kappa shape index (κ1) is 53.4. The zero-order chi connectivity index (χ0) is 48.7. The topological polar surface area (TPSA) is 116 Å². The number of alkyl halides is 1. The number of likely N-dealkylation sites (N-methyl/N-ethyl adjacent to an activating group) is 3. The lowest BCUT2D eigenvalue weighted by Gasteiger charge is -2.41. The van der Waals surface area contributed by atoms with Gasteiger partial charge in [-0.1, -0.05) is 203 Å². The van der Waals surface area contributed by atoms with Gasteiger partial charge >= 0.3 is 5.97 Å². The monoisotopic (exact) mass is 1060 g/mol. The number of halogens is 2. The van der Waals surface area contributed by atoms with E-state index >= 15 is 9.59 Å². The summed E-state index contributed by atoms with van der Waals surface area (Å²) >= 11 is 9.13. The van der Waals surface area contributed by atoms with Crippen LogP contribution >= 0.6 is 34.2 Å². The summed E-state index contributed by atoms with van der Waals surface area (Å²) in [5, 5.41) is 3.44. The maximum absolute atomic E-state index is 15.1. The van der Waals surface area contributed by atoms with Gasteiger partial charge in [-0.05, 0) is 62.0 Å². The standard InChI is InChI=1S/C56H76ClIN4O6/c1-60(2)52(65)48(61(3)53(66)51(43-27-19-20-28-43)62(4)54(67)55(37-23-24-38-55)59-49(63)40-58)39-50(64)68-56(44-29-17-14-18-30-44,46-31-21-22-32-47(46)57)45-35-33-42(34-36-45)41-25-15-12-10-8-6-5-7-9-11-13-16-26-41/h14,17-18,21-22,29-36,41,43,48,51H,5-13,15-16,19-20,23-28,37-40H2,1-4H3,(H,59,63)/t48-,51-,56?/m0/s1. The van der Waals surface area contributed by atoms with Crippen LogP contribution in [0.15, 0.2) is 78.9 Å². The van der Waals surface area contributed by atoms with E-state index in [4.69, 9.17) is 16.3 Å². The molecule has 1 N–H and O–H groups in total. The number of amides is 4. The van der Waals surface area contributed by atoms with Gasteiger partial charge in [0.1, 0.15) is 17.6 Å². The molecular weight excluding hydrogens is 987 g/mol. The van der Waals surface area contributed by atoms with Gasteiger partial charge in [0.05, 0.1) is 10.8 Å². The maximum Gasteiger partial charge on any atom is 0.310 e. The molecule has 12 heteroatoms. The Morgan fingerprint density at radius 3 is 1.72 bits per heavy atom. The van der Waals surface area contributed by atoms with E-state index in [2.05, 4.69) is 29.6 Å². The lowest BCUT2D eigenvalue weighted by atomic mass is 9.78.